The first-order valence-corrected chi connectivity index (χ1v) is 21.6. The van der Waals surface area contributed by atoms with Gasteiger partial charge in [0.05, 0.1) is 0 Å². The molecule has 0 heterocycles. The van der Waals surface area contributed by atoms with Crippen LogP contribution in [0.15, 0.2) is 0 Å². The zero-order chi connectivity index (χ0) is 37.7. The molecule has 0 aromatic rings. The third kappa shape index (κ3) is 10.5. The Labute approximate surface area is 316 Å². The fourth-order valence-corrected chi connectivity index (χ4v) is 12.0. The molecule has 4 saturated carbocycles. The largest absolute Gasteiger partial charge is 0.396 e. The first-order chi connectivity index (χ1) is 25.0. The number of rotatable bonds is 22. The number of aliphatic hydroxyl groups is 1. The lowest BCUT2D eigenvalue weighted by molar-refractivity contribution is -0.154. The third-order valence-corrected chi connectivity index (χ3v) is 14.8. The maximum atomic E-state index is 13.7. The van der Waals surface area contributed by atoms with E-state index in [1.807, 2.05) is 0 Å². The van der Waals surface area contributed by atoms with Gasteiger partial charge in [0.1, 0.15) is 0 Å². The Balaban J connectivity index is 1.62. The third-order valence-electron chi connectivity index (χ3n) is 14.8. The first-order valence-electron chi connectivity index (χ1n) is 21.6. The summed E-state index contributed by atoms with van der Waals surface area (Å²) in [6.07, 6.45) is 18.9. The second-order valence-corrected chi connectivity index (χ2v) is 18.0. The van der Waals surface area contributed by atoms with Crippen molar-refractivity contribution in [2.24, 2.45) is 63.5 Å². The Morgan fingerprint density at radius 2 is 1.27 bits per heavy atom. The minimum Gasteiger partial charge on any atom is -0.396 e. The molecule has 0 bridgehead atoms. The normalized spacial score (nSPS) is 34.4. The van der Waals surface area contributed by atoms with Crippen molar-refractivity contribution in [1.29, 1.82) is 0 Å². The average molecular weight is 731 g/mol. The summed E-state index contributed by atoms with van der Waals surface area (Å²) >= 11 is 0. The SMILES string of the molecule is C[C@H](CCCO)C1CC[C@H]2C3C(NC(=O)CCCCCN)CC4C[C@H](NC(=O)CCCCCN)CCC4(C)[C@H]3C[C@H](NC(=O)CCCCCN)C12C. The van der Waals surface area contributed by atoms with E-state index < -0.39 is 0 Å². The summed E-state index contributed by atoms with van der Waals surface area (Å²) in [6.45, 7) is 9.53. The fourth-order valence-electron chi connectivity index (χ4n) is 12.0. The smallest absolute Gasteiger partial charge is 0.220 e. The number of hydrogen-bond acceptors (Lipinski definition) is 7. The number of aliphatic hydroxyl groups excluding tert-OH is 1. The Morgan fingerprint density at radius 1 is 0.692 bits per heavy atom. The van der Waals surface area contributed by atoms with Crippen molar-refractivity contribution in [2.75, 3.05) is 26.2 Å². The van der Waals surface area contributed by atoms with Crippen LogP contribution in [0.3, 0.4) is 0 Å². The predicted molar refractivity (Wildman–Crippen MR) is 210 cm³/mol. The van der Waals surface area contributed by atoms with Gasteiger partial charge in [-0.25, -0.2) is 0 Å². The van der Waals surface area contributed by atoms with Crippen LogP contribution in [0.25, 0.3) is 0 Å². The quantitative estimate of drug-likeness (QED) is 0.0739. The van der Waals surface area contributed by atoms with Gasteiger partial charge in [0, 0.05) is 44.0 Å². The maximum Gasteiger partial charge on any atom is 0.220 e. The minimum atomic E-state index is -0.0919. The van der Waals surface area contributed by atoms with Gasteiger partial charge in [-0.15, -0.1) is 0 Å². The number of amides is 3. The number of fused-ring (bicyclic) bond motifs is 5. The highest BCUT2D eigenvalue weighted by atomic mass is 16.3. The highest BCUT2D eigenvalue weighted by Gasteiger charge is 2.66. The van der Waals surface area contributed by atoms with Crippen LogP contribution in [0.2, 0.25) is 0 Å². The van der Waals surface area contributed by atoms with Crippen LogP contribution in [0.1, 0.15) is 156 Å². The molecule has 0 saturated heterocycles. The van der Waals surface area contributed by atoms with E-state index in [2.05, 4.69) is 36.7 Å². The minimum absolute atomic E-state index is 0.0685. The first kappa shape index (κ1) is 43.0. The topological polar surface area (TPSA) is 186 Å². The van der Waals surface area contributed by atoms with Crippen molar-refractivity contribution in [1.82, 2.24) is 16.0 Å². The van der Waals surface area contributed by atoms with E-state index in [1.54, 1.807) is 0 Å². The number of unbranched alkanes of at least 4 members (excludes halogenated alkanes) is 6. The molecule has 0 aromatic carbocycles. The summed E-state index contributed by atoms with van der Waals surface area (Å²) in [4.78, 5) is 40.4. The van der Waals surface area contributed by atoms with Crippen LogP contribution < -0.4 is 33.2 Å². The molecule has 0 aromatic heterocycles. The molecule has 10 N–H and O–H groups in total. The molecule has 3 amide bonds. The van der Waals surface area contributed by atoms with Crippen molar-refractivity contribution in [3.8, 4) is 0 Å². The summed E-state index contributed by atoms with van der Waals surface area (Å²) in [5.41, 5.74) is 17.1. The van der Waals surface area contributed by atoms with Gasteiger partial charge in [0.15, 0.2) is 0 Å². The molecule has 4 aliphatic carbocycles. The summed E-state index contributed by atoms with van der Waals surface area (Å²) in [5.74, 6) is 2.84. The number of carbonyl (C=O) groups is 3. The lowest BCUT2D eigenvalue weighted by Crippen LogP contribution is -2.67. The van der Waals surface area contributed by atoms with Crippen LogP contribution >= 0.6 is 0 Å². The molecule has 0 aliphatic heterocycles. The summed E-state index contributed by atoms with van der Waals surface area (Å²) in [6, 6.07) is 0.309. The lowest BCUT2D eigenvalue weighted by Gasteiger charge is -2.65. The van der Waals surface area contributed by atoms with Crippen molar-refractivity contribution in [3.63, 3.8) is 0 Å². The Kier molecular flexibility index (Phi) is 17.2. The number of hydrogen-bond donors (Lipinski definition) is 7. The molecule has 300 valence electrons. The van der Waals surface area contributed by atoms with E-state index in [0.717, 1.165) is 116 Å². The second-order valence-electron chi connectivity index (χ2n) is 18.0. The Morgan fingerprint density at radius 3 is 1.85 bits per heavy atom. The Hall–Kier alpha value is -1.75. The van der Waals surface area contributed by atoms with Crippen LogP contribution in [-0.4, -0.2) is 67.2 Å². The number of nitrogens with two attached hydrogens (primary N) is 3. The molecule has 4 aliphatic rings. The van der Waals surface area contributed by atoms with Crippen molar-refractivity contribution >= 4 is 17.7 Å². The van der Waals surface area contributed by atoms with Gasteiger partial charge in [-0.3, -0.25) is 14.4 Å². The van der Waals surface area contributed by atoms with E-state index >= 15 is 0 Å². The van der Waals surface area contributed by atoms with Gasteiger partial charge < -0.3 is 38.3 Å². The molecule has 11 atom stereocenters. The summed E-state index contributed by atoms with van der Waals surface area (Å²) in [7, 11) is 0. The van der Waals surface area contributed by atoms with E-state index in [4.69, 9.17) is 17.2 Å². The average Bonchev–Trinajstić information content (AvgIpc) is 3.48. The molecule has 0 spiro atoms. The molecule has 10 nitrogen and oxygen atoms in total. The van der Waals surface area contributed by atoms with E-state index in [0.29, 0.717) is 74.4 Å². The highest BCUT2D eigenvalue weighted by Crippen LogP contribution is 2.68. The van der Waals surface area contributed by atoms with Gasteiger partial charge in [0.25, 0.3) is 0 Å². The zero-order valence-corrected chi connectivity index (χ0v) is 33.3. The van der Waals surface area contributed by atoms with E-state index in [-0.39, 0.29) is 53.3 Å². The van der Waals surface area contributed by atoms with Gasteiger partial charge in [0.2, 0.25) is 17.7 Å². The molecule has 52 heavy (non-hydrogen) atoms. The molecule has 6 unspecified atom stereocenters. The standard InChI is InChI=1S/C42H78N6O4/c1-29(14-13-25-49)32-18-19-33-40-34(28-36(42(32,33)3)48-39(52)17-9-6-12-24-45)41(2)21-20-31(46-37(50)15-7-4-10-22-43)26-30(41)27-35(40)47-38(51)16-8-5-11-23-44/h29-36,40,49H,4-28,43-45H2,1-3H3,(H,46,50)(H,47,51)(H,48,52)/t29-,30?,31-,32?,33+,34+,35?,36+,40?,41?,42?/m1/s1. The van der Waals surface area contributed by atoms with Crippen molar-refractivity contribution < 1.29 is 19.5 Å². The highest BCUT2D eigenvalue weighted by molar-refractivity contribution is 5.77. The molecular formula is C42H78N6O4. The van der Waals surface area contributed by atoms with E-state index in [9.17, 15) is 19.5 Å². The molecule has 10 heteroatoms. The monoisotopic (exact) mass is 731 g/mol. The van der Waals surface area contributed by atoms with Gasteiger partial charge in [-0.1, -0.05) is 40.0 Å². The van der Waals surface area contributed by atoms with Gasteiger partial charge in [-0.2, -0.15) is 0 Å². The second kappa shape index (κ2) is 20.8. The van der Waals surface area contributed by atoms with Crippen LogP contribution in [0, 0.1) is 46.3 Å². The Bertz CT molecular complexity index is 1120. The lowest BCUT2D eigenvalue weighted by atomic mass is 9.42. The van der Waals surface area contributed by atoms with Gasteiger partial charge >= 0.3 is 0 Å². The van der Waals surface area contributed by atoms with Crippen molar-refractivity contribution in [2.45, 2.75) is 174 Å². The molecule has 4 rings (SSSR count). The molecule has 0 radical (unpaired) electrons. The molecule has 4 fully saturated rings. The van der Waals surface area contributed by atoms with E-state index in [1.165, 1.54) is 0 Å². The van der Waals surface area contributed by atoms with Crippen LogP contribution in [0.5, 0.6) is 0 Å². The molecular weight excluding hydrogens is 652 g/mol. The van der Waals surface area contributed by atoms with Crippen LogP contribution in [0.4, 0.5) is 0 Å². The summed E-state index contributed by atoms with van der Waals surface area (Å²) < 4.78 is 0. The number of carbonyl (C=O) groups excluding carboxylic acids is 3. The predicted octanol–water partition coefficient (Wildman–Crippen LogP) is 5.29. The number of nitrogens with one attached hydrogen (secondary N) is 3. The van der Waals surface area contributed by atoms with Crippen LogP contribution in [-0.2, 0) is 14.4 Å². The summed E-state index contributed by atoms with van der Waals surface area (Å²) in [5, 5.41) is 20.5. The maximum absolute atomic E-state index is 13.7. The fraction of sp³-hybridized carbons (Fsp3) is 0.929. The van der Waals surface area contributed by atoms with Crippen molar-refractivity contribution in [3.05, 3.63) is 0 Å². The van der Waals surface area contributed by atoms with Gasteiger partial charge in [-0.05, 0) is 162 Å². The zero-order valence-electron chi connectivity index (χ0n) is 33.3.